The largest absolute Gasteiger partial charge is 0.391 e. The van der Waals surface area contributed by atoms with Crippen LogP contribution in [0.4, 0.5) is 0 Å². The highest BCUT2D eigenvalue weighted by atomic mass is 16.3. The van der Waals surface area contributed by atoms with Gasteiger partial charge >= 0.3 is 0 Å². The van der Waals surface area contributed by atoms with Crippen LogP contribution >= 0.6 is 0 Å². The van der Waals surface area contributed by atoms with Crippen molar-refractivity contribution in [2.45, 2.75) is 12.5 Å². The van der Waals surface area contributed by atoms with Gasteiger partial charge in [-0.15, -0.1) is 0 Å². The van der Waals surface area contributed by atoms with Crippen LogP contribution < -0.4 is 0 Å². The molecule has 8 nitrogen and oxygen atoms in total. The summed E-state index contributed by atoms with van der Waals surface area (Å²) in [6, 6.07) is 1.79. The molecule has 0 aromatic carbocycles. The van der Waals surface area contributed by atoms with Crippen LogP contribution in [-0.4, -0.2) is 59.8 Å². The second kappa shape index (κ2) is 6.21. The summed E-state index contributed by atoms with van der Waals surface area (Å²) in [5.41, 5.74) is 2.88. The van der Waals surface area contributed by atoms with Crippen LogP contribution in [0.2, 0.25) is 0 Å². The van der Waals surface area contributed by atoms with Crippen molar-refractivity contribution in [1.29, 1.82) is 0 Å². The number of aliphatic hydroxyl groups excluding tert-OH is 1. The van der Waals surface area contributed by atoms with Gasteiger partial charge in [0.05, 0.1) is 29.1 Å². The van der Waals surface area contributed by atoms with Crippen molar-refractivity contribution < 1.29 is 9.90 Å². The van der Waals surface area contributed by atoms with Crippen molar-refractivity contribution in [3.05, 3.63) is 48.3 Å². The summed E-state index contributed by atoms with van der Waals surface area (Å²) in [6.45, 7) is 0.799. The van der Waals surface area contributed by atoms with Crippen LogP contribution in [0, 0.1) is 5.92 Å². The third-order valence-electron chi connectivity index (χ3n) is 4.63. The van der Waals surface area contributed by atoms with Crippen molar-refractivity contribution in [1.82, 2.24) is 29.6 Å². The van der Waals surface area contributed by atoms with E-state index in [4.69, 9.17) is 0 Å². The van der Waals surface area contributed by atoms with E-state index in [0.717, 1.165) is 16.7 Å². The topological polar surface area (TPSA) is 97.0 Å². The third kappa shape index (κ3) is 2.96. The first-order valence-corrected chi connectivity index (χ1v) is 8.12. The SMILES string of the molecule is Cn1ncc2ncc(C(=O)N3C[C@@H](Cc4cnccn4)[C@H](O)C3)cc21. The Hall–Kier alpha value is -2.87. The van der Waals surface area contributed by atoms with E-state index in [2.05, 4.69) is 20.1 Å². The number of likely N-dealkylation sites (tertiary alicyclic amines) is 1. The molecule has 1 fully saturated rings. The number of nitrogens with zero attached hydrogens (tertiary/aromatic N) is 6. The van der Waals surface area contributed by atoms with Crippen LogP contribution in [0.5, 0.6) is 0 Å². The molecule has 1 N–H and O–H groups in total. The van der Waals surface area contributed by atoms with Gasteiger partial charge in [-0.1, -0.05) is 0 Å². The normalized spacial score (nSPS) is 20.3. The summed E-state index contributed by atoms with van der Waals surface area (Å²) in [6.07, 6.45) is 8.20. The Kier molecular flexibility index (Phi) is 3.89. The highest BCUT2D eigenvalue weighted by Gasteiger charge is 2.34. The Morgan fingerprint density at radius 3 is 2.92 bits per heavy atom. The summed E-state index contributed by atoms with van der Waals surface area (Å²) in [5.74, 6) is -0.176. The highest BCUT2D eigenvalue weighted by molar-refractivity contribution is 5.96. The van der Waals surface area contributed by atoms with E-state index >= 15 is 0 Å². The maximum Gasteiger partial charge on any atom is 0.255 e. The van der Waals surface area contributed by atoms with Crippen molar-refractivity contribution in [2.24, 2.45) is 13.0 Å². The number of aliphatic hydroxyl groups is 1. The molecule has 3 aromatic heterocycles. The number of pyridine rings is 1. The van der Waals surface area contributed by atoms with E-state index in [1.807, 2.05) is 7.05 Å². The van der Waals surface area contributed by atoms with Crippen LogP contribution in [0.1, 0.15) is 16.1 Å². The van der Waals surface area contributed by atoms with Crippen molar-refractivity contribution in [3.8, 4) is 0 Å². The van der Waals surface area contributed by atoms with Gasteiger partial charge in [-0.25, -0.2) is 0 Å². The van der Waals surface area contributed by atoms with Gasteiger partial charge < -0.3 is 10.0 Å². The molecule has 0 bridgehead atoms. The summed E-state index contributed by atoms with van der Waals surface area (Å²) in [4.78, 5) is 27.0. The van der Waals surface area contributed by atoms with Crippen molar-refractivity contribution in [2.75, 3.05) is 13.1 Å². The molecule has 25 heavy (non-hydrogen) atoms. The first-order chi connectivity index (χ1) is 12.1. The Bertz CT molecular complexity index is 910. The molecule has 0 aliphatic carbocycles. The molecule has 0 unspecified atom stereocenters. The van der Waals surface area contributed by atoms with Crippen LogP contribution in [0.3, 0.4) is 0 Å². The lowest BCUT2D eigenvalue weighted by molar-refractivity contribution is 0.0764. The molecular weight excluding hydrogens is 320 g/mol. The van der Waals surface area contributed by atoms with Gasteiger partial charge in [0.15, 0.2) is 0 Å². The number of carbonyl (C=O) groups excluding carboxylic acids is 1. The summed E-state index contributed by atoms with van der Waals surface area (Å²) < 4.78 is 1.69. The first-order valence-electron chi connectivity index (χ1n) is 8.12. The fraction of sp³-hybridized carbons (Fsp3) is 0.353. The monoisotopic (exact) mass is 338 g/mol. The fourth-order valence-corrected chi connectivity index (χ4v) is 3.25. The lowest BCUT2D eigenvalue weighted by Gasteiger charge is -2.16. The predicted octanol–water partition coefficient (Wildman–Crippen LogP) is 0.434. The third-order valence-corrected chi connectivity index (χ3v) is 4.63. The molecule has 0 spiro atoms. The minimum Gasteiger partial charge on any atom is -0.391 e. The molecule has 1 aliphatic rings. The fourth-order valence-electron chi connectivity index (χ4n) is 3.25. The zero-order valence-electron chi connectivity index (χ0n) is 13.8. The quantitative estimate of drug-likeness (QED) is 0.744. The number of fused-ring (bicyclic) bond motifs is 1. The summed E-state index contributed by atoms with van der Waals surface area (Å²) in [7, 11) is 1.81. The minimum absolute atomic E-state index is 0.0472. The van der Waals surface area contributed by atoms with Crippen molar-refractivity contribution >= 4 is 16.9 Å². The Balaban J connectivity index is 1.51. The molecule has 2 atom stereocenters. The Morgan fingerprint density at radius 2 is 2.12 bits per heavy atom. The second-order valence-corrected chi connectivity index (χ2v) is 6.33. The molecule has 8 heteroatoms. The van der Waals surface area contributed by atoms with Crippen molar-refractivity contribution in [3.63, 3.8) is 0 Å². The van der Waals surface area contributed by atoms with E-state index in [1.54, 1.807) is 46.6 Å². The molecule has 4 rings (SSSR count). The van der Waals surface area contributed by atoms with E-state index in [9.17, 15) is 9.90 Å². The van der Waals surface area contributed by atoms with E-state index in [1.165, 1.54) is 0 Å². The van der Waals surface area contributed by atoms with Crippen LogP contribution in [0.15, 0.2) is 37.1 Å². The van der Waals surface area contributed by atoms with Gasteiger partial charge in [-0.2, -0.15) is 5.10 Å². The van der Waals surface area contributed by atoms with Gasteiger partial charge in [-0.3, -0.25) is 24.4 Å². The van der Waals surface area contributed by atoms with Crippen LogP contribution in [0.25, 0.3) is 11.0 Å². The Labute approximate surface area is 144 Å². The second-order valence-electron chi connectivity index (χ2n) is 6.33. The molecule has 1 aliphatic heterocycles. The van der Waals surface area contributed by atoms with E-state index < -0.39 is 6.10 Å². The maximum atomic E-state index is 12.8. The molecule has 0 radical (unpaired) electrons. The smallest absolute Gasteiger partial charge is 0.255 e. The Morgan fingerprint density at radius 1 is 1.24 bits per heavy atom. The number of aryl methyl sites for hydroxylation is 1. The van der Waals surface area contributed by atoms with Gasteiger partial charge in [0.25, 0.3) is 5.91 Å². The standard InChI is InChI=1S/C17H18N6O2/c1-22-15-5-11(6-20-14(15)8-21-22)17(25)23-9-12(16(24)10-23)4-13-7-18-2-3-19-13/h2-3,5-8,12,16,24H,4,9-10H2,1H3/t12-,16-/m1/s1. The molecule has 3 aromatic rings. The number of β-amino-alcohol motifs (C(OH)–C–C–N with tert-alkyl or cyclic N) is 1. The van der Waals surface area contributed by atoms with Gasteiger partial charge in [0.1, 0.15) is 5.52 Å². The molecule has 1 amide bonds. The average Bonchev–Trinajstić information content (AvgIpc) is 3.18. The zero-order chi connectivity index (χ0) is 17.4. The molecular formula is C17H18N6O2. The number of hydrogen-bond acceptors (Lipinski definition) is 6. The number of aromatic nitrogens is 5. The van der Waals surface area contributed by atoms with Crippen LogP contribution in [-0.2, 0) is 13.5 Å². The maximum absolute atomic E-state index is 12.8. The number of hydrogen-bond donors (Lipinski definition) is 1. The zero-order valence-corrected chi connectivity index (χ0v) is 13.8. The van der Waals surface area contributed by atoms with Gasteiger partial charge in [-0.05, 0) is 12.5 Å². The lowest BCUT2D eigenvalue weighted by Crippen LogP contribution is -2.29. The highest BCUT2D eigenvalue weighted by Crippen LogP contribution is 2.23. The average molecular weight is 338 g/mol. The first kappa shape index (κ1) is 15.6. The van der Waals surface area contributed by atoms with Gasteiger partial charge in [0, 0.05) is 50.8 Å². The molecule has 1 saturated heterocycles. The number of amides is 1. The van der Waals surface area contributed by atoms with E-state index in [-0.39, 0.29) is 11.8 Å². The van der Waals surface area contributed by atoms with Gasteiger partial charge in [0.2, 0.25) is 0 Å². The summed E-state index contributed by atoms with van der Waals surface area (Å²) >= 11 is 0. The van der Waals surface area contributed by atoms with E-state index in [0.29, 0.717) is 25.1 Å². The molecule has 4 heterocycles. The minimum atomic E-state index is -0.570. The predicted molar refractivity (Wildman–Crippen MR) is 89.6 cm³/mol. The number of rotatable bonds is 3. The molecule has 128 valence electrons. The lowest BCUT2D eigenvalue weighted by atomic mass is 10.0. The number of carbonyl (C=O) groups is 1. The molecule has 0 saturated carbocycles. The summed E-state index contributed by atoms with van der Waals surface area (Å²) in [5, 5.41) is 14.5.